The van der Waals surface area contributed by atoms with Crippen molar-refractivity contribution in [2.75, 3.05) is 26.7 Å². The van der Waals surface area contributed by atoms with Crippen molar-refractivity contribution in [2.24, 2.45) is 5.92 Å². The average Bonchev–Trinajstić information content (AvgIpc) is 2.39. The molecule has 1 aromatic carbocycles. The summed E-state index contributed by atoms with van der Waals surface area (Å²) in [7, 11) is 1.98. The van der Waals surface area contributed by atoms with Crippen LogP contribution in [0.1, 0.15) is 23.2 Å². The second-order valence-electron chi connectivity index (χ2n) is 4.92. The predicted octanol–water partition coefficient (Wildman–Crippen LogP) is 3.44. The van der Waals surface area contributed by atoms with Crippen molar-refractivity contribution in [1.29, 1.82) is 0 Å². The van der Waals surface area contributed by atoms with Gasteiger partial charge in [0.25, 0.3) is 5.91 Å². The number of nitrogens with one attached hydrogen (secondary N) is 1. The van der Waals surface area contributed by atoms with Crippen molar-refractivity contribution in [1.82, 2.24) is 10.2 Å². The minimum atomic E-state index is 0. The molecule has 0 spiro atoms. The molecule has 112 valence electrons. The van der Waals surface area contributed by atoms with Crippen molar-refractivity contribution in [3.8, 4) is 0 Å². The molecule has 1 aliphatic rings. The molecule has 1 N–H and O–H groups in total. The Bertz CT molecular complexity index is 462. The van der Waals surface area contributed by atoms with Gasteiger partial charge in [-0.2, -0.15) is 0 Å². The van der Waals surface area contributed by atoms with Gasteiger partial charge in [0.05, 0.1) is 10.6 Å². The Labute approximate surface area is 145 Å². The minimum Gasteiger partial charge on any atom is -0.339 e. The van der Waals surface area contributed by atoms with Gasteiger partial charge < -0.3 is 10.2 Å². The number of carbonyl (C=O) groups is 1. The van der Waals surface area contributed by atoms with Gasteiger partial charge in [-0.25, -0.2) is 0 Å². The first-order chi connectivity index (χ1) is 9.11. The molecular formula is C14H19Cl2IN2O. The fraction of sp³-hybridized carbons (Fsp3) is 0.500. The summed E-state index contributed by atoms with van der Waals surface area (Å²) in [5.74, 6) is 0.741. The largest absolute Gasteiger partial charge is 0.339 e. The maximum absolute atomic E-state index is 12.4. The SMILES string of the molecule is CNCC1CCN(C(=O)c2ccc(I)cc2Cl)CC1.Cl. The zero-order valence-electron chi connectivity index (χ0n) is 11.4. The van der Waals surface area contributed by atoms with Crippen molar-refractivity contribution in [3.63, 3.8) is 0 Å². The molecule has 0 radical (unpaired) electrons. The highest BCUT2D eigenvalue weighted by Gasteiger charge is 2.24. The molecule has 3 nitrogen and oxygen atoms in total. The van der Waals surface area contributed by atoms with E-state index in [4.69, 9.17) is 11.6 Å². The lowest BCUT2D eigenvalue weighted by atomic mass is 9.96. The van der Waals surface area contributed by atoms with Crippen LogP contribution in [-0.2, 0) is 0 Å². The summed E-state index contributed by atoms with van der Waals surface area (Å²) >= 11 is 8.36. The maximum atomic E-state index is 12.4. The molecular weight excluding hydrogens is 410 g/mol. The van der Waals surface area contributed by atoms with Gasteiger partial charge in [0, 0.05) is 16.7 Å². The normalized spacial score (nSPS) is 15.8. The molecule has 1 aliphatic heterocycles. The third-order valence-electron chi connectivity index (χ3n) is 3.56. The van der Waals surface area contributed by atoms with Crippen LogP contribution in [0.3, 0.4) is 0 Å². The van der Waals surface area contributed by atoms with Gasteiger partial charge in [-0.1, -0.05) is 11.6 Å². The van der Waals surface area contributed by atoms with Gasteiger partial charge in [0.2, 0.25) is 0 Å². The first kappa shape index (κ1) is 18.0. The summed E-state index contributed by atoms with van der Waals surface area (Å²) in [6.07, 6.45) is 2.13. The number of rotatable bonds is 3. The predicted molar refractivity (Wildman–Crippen MR) is 94.0 cm³/mol. The van der Waals surface area contributed by atoms with Crippen molar-refractivity contribution >= 4 is 52.5 Å². The fourth-order valence-electron chi connectivity index (χ4n) is 2.46. The van der Waals surface area contributed by atoms with Crippen LogP contribution in [-0.4, -0.2) is 37.5 Å². The van der Waals surface area contributed by atoms with Gasteiger partial charge >= 0.3 is 0 Å². The fourth-order valence-corrected chi connectivity index (χ4v) is 3.40. The van der Waals surface area contributed by atoms with Crippen molar-refractivity contribution < 1.29 is 4.79 Å². The van der Waals surface area contributed by atoms with E-state index >= 15 is 0 Å². The van der Waals surface area contributed by atoms with E-state index in [0.29, 0.717) is 16.5 Å². The summed E-state index contributed by atoms with van der Waals surface area (Å²) < 4.78 is 1.05. The Balaban J connectivity index is 0.00000200. The Hall–Kier alpha value is -0.0400. The smallest absolute Gasteiger partial charge is 0.255 e. The second-order valence-corrected chi connectivity index (χ2v) is 6.57. The number of hydrogen-bond donors (Lipinski definition) is 1. The number of halogens is 3. The van der Waals surface area contributed by atoms with E-state index < -0.39 is 0 Å². The third-order valence-corrected chi connectivity index (χ3v) is 4.54. The molecule has 1 saturated heterocycles. The highest BCUT2D eigenvalue weighted by molar-refractivity contribution is 14.1. The summed E-state index contributed by atoms with van der Waals surface area (Å²) in [6, 6.07) is 5.59. The Morgan fingerprint density at radius 1 is 1.45 bits per heavy atom. The summed E-state index contributed by atoms with van der Waals surface area (Å²) in [5.41, 5.74) is 0.620. The quantitative estimate of drug-likeness (QED) is 0.748. The molecule has 0 unspecified atom stereocenters. The van der Waals surface area contributed by atoms with E-state index in [0.717, 1.165) is 36.0 Å². The van der Waals surface area contributed by atoms with E-state index in [-0.39, 0.29) is 18.3 Å². The zero-order chi connectivity index (χ0) is 13.8. The van der Waals surface area contributed by atoms with Gasteiger partial charge in [0.15, 0.2) is 0 Å². The number of nitrogens with zero attached hydrogens (tertiary/aromatic N) is 1. The monoisotopic (exact) mass is 428 g/mol. The highest BCUT2D eigenvalue weighted by Crippen LogP contribution is 2.23. The third kappa shape index (κ3) is 4.48. The van der Waals surface area contributed by atoms with Crippen molar-refractivity contribution in [3.05, 3.63) is 32.4 Å². The number of hydrogen-bond acceptors (Lipinski definition) is 2. The molecule has 6 heteroatoms. The summed E-state index contributed by atoms with van der Waals surface area (Å²) in [4.78, 5) is 14.3. The van der Waals surface area contributed by atoms with Crippen LogP contribution in [0.4, 0.5) is 0 Å². The molecule has 1 amide bonds. The van der Waals surface area contributed by atoms with Crippen LogP contribution >= 0.6 is 46.6 Å². The summed E-state index contributed by atoms with van der Waals surface area (Å²) in [6.45, 7) is 2.69. The Morgan fingerprint density at radius 2 is 2.10 bits per heavy atom. The van der Waals surface area contributed by atoms with Crippen LogP contribution in [0.25, 0.3) is 0 Å². The van der Waals surface area contributed by atoms with Gasteiger partial charge in [-0.15, -0.1) is 12.4 Å². The number of likely N-dealkylation sites (tertiary alicyclic amines) is 1. The average molecular weight is 429 g/mol. The maximum Gasteiger partial charge on any atom is 0.255 e. The molecule has 20 heavy (non-hydrogen) atoms. The number of carbonyl (C=O) groups excluding carboxylic acids is 1. The molecule has 1 fully saturated rings. The lowest BCUT2D eigenvalue weighted by Crippen LogP contribution is -2.40. The van der Waals surface area contributed by atoms with Gasteiger partial charge in [0.1, 0.15) is 0 Å². The highest BCUT2D eigenvalue weighted by atomic mass is 127. The Morgan fingerprint density at radius 3 is 2.65 bits per heavy atom. The first-order valence-electron chi connectivity index (χ1n) is 6.50. The first-order valence-corrected chi connectivity index (χ1v) is 7.96. The molecule has 0 saturated carbocycles. The summed E-state index contributed by atoms with van der Waals surface area (Å²) in [5, 5.41) is 3.75. The molecule has 0 aromatic heterocycles. The molecule has 0 aliphatic carbocycles. The van der Waals surface area contributed by atoms with E-state index in [9.17, 15) is 4.79 Å². The van der Waals surface area contributed by atoms with Gasteiger partial charge in [-0.05, 0) is 73.1 Å². The minimum absolute atomic E-state index is 0. The molecule has 0 atom stereocenters. The zero-order valence-corrected chi connectivity index (χ0v) is 15.1. The lowest BCUT2D eigenvalue weighted by Gasteiger charge is -2.32. The van der Waals surface area contributed by atoms with Crippen LogP contribution in [0.2, 0.25) is 5.02 Å². The van der Waals surface area contributed by atoms with E-state index in [1.54, 1.807) is 0 Å². The van der Waals surface area contributed by atoms with Crippen molar-refractivity contribution in [2.45, 2.75) is 12.8 Å². The van der Waals surface area contributed by atoms with Gasteiger partial charge in [-0.3, -0.25) is 4.79 Å². The van der Waals surface area contributed by atoms with Crippen LogP contribution in [0.5, 0.6) is 0 Å². The number of amides is 1. The molecule has 1 aromatic rings. The Kier molecular flexibility index (Phi) is 7.58. The lowest BCUT2D eigenvalue weighted by molar-refractivity contribution is 0.0691. The van der Waals surface area contributed by atoms with E-state index in [1.165, 1.54) is 0 Å². The second kappa shape index (κ2) is 8.41. The van der Waals surface area contributed by atoms with Crippen LogP contribution in [0, 0.1) is 9.49 Å². The topological polar surface area (TPSA) is 32.3 Å². The van der Waals surface area contributed by atoms with Crippen LogP contribution in [0.15, 0.2) is 18.2 Å². The molecule has 1 heterocycles. The van der Waals surface area contributed by atoms with E-state index in [2.05, 4.69) is 27.9 Å². The van der Waals surface area contributed by atoms with Crippen LogP contribution < -0.4 is 5.32 Å². The van der Waals surface area contributed by atoms with E-state index in [1.807, 2.05) is 30.1 Å². The number of piperidine rings is 1. The molecule has 0 bridgehead atoms. The molecule has 2 rings (SSSR count). The number of benzene rings is 1. The standard InChI is InChI=1S/C14H18ClIN2O.ClH/c1-17-9-10-4-6-18(7-5-10)14(19)12-3-2-11(16)8-13(12)15;/h2-3,8,10,17H,4-7,9H2,1H3;1H.